The van der Waals surface area contributed by atoms with Crippen LogP contribution < -0.4 is 39.8 Å². The largest absolute Gasteiger partial charge is 0.493 e. The van der Waals surface area contributed by atoms with Crippen LogP contribution in [-0.2, 0) is 24.0 Å². The van der Waals surface area contributed by atoms with E-state index in [1.807, 2.05) is 65.4 Å². The Bertz CT molecular complexity index is 3410. The van der Waals surface area contributed by atoms with E-state index in [-0.39, 0.29) is 91.0 Å². The molecule has 21 nitrogen and oxygen atoms in total. The van der Waals surface area contributed by atoms with Gasteiger partial charge in [-0.25, -0.2) is 0 Å². The van der Waals surface area contributed by atoms with Crippen molar-refractivity contribution in [1.29, 1.82) is 0 Å². The van der Waals surface area contributed by atoms with E-state index in [2.05, 4.69) is 68.8 Å². The van der Waals surface area contributed by atoms with E-state index in [0.717, 1.165) is 48.5 Å². The average molecular weight is 1220 g/mol. The number of rotatable bonds is 26. The molecule has 5 atom stereocenters. The first-order valence-electron chi connectivity index (χ1n) is 30.9. The molecule has 5 heterocycles. The topological polar surface area (TPSA) is 233 Å². The number of likely N-dealkylation sites (N-methyl/N-ethyl adjacent to an activating group) is 1. The predicted octanol–water partition coefficient (Wildman–Crippen LogP) is 9.06. The minimum absolute atomic E-state index is 0.0995. The zero-order valence-electron chi connectivity index (χ0n) is 52.6. The van der Waals surface area contributed by atoms with Crippen LogP contribution in [0.25, 0.3) is 11.1 Å². The number of benzene rings is 4. The Morgan fingerprint density at radius 1 is 0.730 bits per heavy atom. The van der Waals surface area contributed by atoms with Crippen molar-refractivity contribution in [2.75, 3.05) is 77.4 Å². The first kappa shape index (κ1) is 64.6. The fraction of sp³-hybridized carbons (Fsp3) is 0.456. The lowest BCUT2D eigenvalue weighted by Gasteiger charge is -2.34. The molecule has 89 heavy (non-hydrogen) atoms. The monoisotopic (exact) mass is 1220 g/mol. The smallest absolute Gasteiger partial charge is 0.260 e. The normalized spacial score (nSPS) is 18.9. The van der Waals surface area contributed by atoms with Gasteiger partial charge >= 0.3 is 0 Å². The molecule has 21 heteroatoms. The number of amides is 7. The lowest BCUT2D eigenvalue weighted by Crippen LogP contribution is -2.53. The molecular weight excluding hydrogens is 1130 g/mol. The third-order valence-corrected chi connectivity index (χ3v) is 17.2. The van der Waals surface area contributed by atoms with Gasteiger partial charge in [0.2, 0.25) is 29.5 Å². The number of carbonyl (C=O) groups excluding carboxylic acids is 7. The average Bonchev–Trinajstić information content (AvgIpc) is 3.79. The van der Waals surface area contributed by atoms with E-state index in [0.29, 0.717) is 90.7 Å². The van der Waals surface area contributed by atoms with Gasteiger partial charge in [-0.1, -0.05) is 58.4 Å². The Balaban J connectivity index is 0.731. The number of carbonyl (C=O) groups is 7. The third kappa shape index (κ3) is 15.2. The quantitative estimate of drug-likeness (QED) is 0.0303. The number of imide groups is 1. The second-order valence-electron chi connectivity index (χ2n) is 24.3. The van der Waals surface area contributed by atoms with Crippen LogP contribution in [0.4, 0.5) is 22.7 Å². The molecule has 1 unspecified atom stereocenters. The molecular formula is C68H84N10O11. The van der Waals surface area contributed by atoms with Crippen molar-refractivity contribution in [3.05, 3.63) is 107 Å². The van der Waals surface area contributed by atoms with Gasteiger partial charge in [0, 0.05) is 112 Å². The fourth-order valence-electron chi connectivity index (χ4n) is 11.8. The van der Waals surface area contributed by atoms with Crippen molar-refractivity contribution in [1.82, 2.24) is 30.2 Å². The van der Waals surface area contributed by atoms with Crippen molar-refractivity contribution in [2.45, 2.75) is 117 Å². The van der Waals surface area contributed by atoms with Gasteiger partial charge in [-0.3, -0.25) is 48.4 Å². The lowest BCUT2D eigenvalue weighted by atomic mass is 9.94. The summed E-state index contributed by atoms with van der Waals surface area (Å²) in [6, 6.07) is 20.2. The van der Waals surface area contributed by atoms with Gasteiger partial charge in [0.25, 0.3) is 11.8 Å². The predicted molar refractivity (Wildman–Crippen MR) is 343 cm³/mol. The summed E-state index contributed by atoms with van der Waals surface area (Å²) >= 11 is 0. The van der Waals surface area contributed by atoms with Crippen molar-refractivity contribution < 1.29 is 52.5 Å². The number of likely N-dealkylation sites (tertiary alicyclic amines) is 1. The molecule has 3 N–H and O–H groups in total. The first-order valence-corrected chi connectivity index (χ1v) is 30.9. The van der Waals surface area contributed by atoms with E-state index >= 15 is 0 Å². The molecule has 0 aliphatic carbocycles. The SMILES string of the molecule is C=Nc1cc(OCCCOc2cc3c(cc2OC)C(=O)N2C=C(c4ccc(N5CCN(C)CC5)cc4)C[C@H]2C=N3)c(OC)cc1C(=O)N1C=C(c2ccc(NC(=O)[C@H](C)NC(=O)[C@@H](NC(=O)CCCCCN3C(=O)CC(C(C)C)C3=O)C(C)C)cc2)C[C@H]1C. The highest BCUT2D eigenvalue weighted by Gasteiger charge is 2.40. The van der Waals surface area contributed by atoms with E-state index in [4.69, 9.17) is 23.9 Å². The number of hydrogen-bond donors (Lipinski definition) is 3. The van der Waals surface area contributed by atoms with Crippen LogP contribution >= 0.6 is 0 Å². The van der Waals surface area contributed by atoms with Crippen molar-refractivity contribution >= 4 is 88.2 Å². The second-order valence-corrected chi connectivity index (χ2v) is 24.3. The second kappa shape index (κ2) is 29.0. The molecule has 9 rings (SSSR count). The Morgan fingerprint density at radius 3 is 2.02 bits per heavy atom. The fourth-order valence-corrected chi connectivity index (χ4v) is 11.8. The summed E-state index contributed by atoms with van der Waals surface area (Å²) in [5.41, 5.74) is 7.11. The van der Waals surface area contributed by atoms with Crippen molar-refractivity contribution in [3.8, 4) is 23.0 Å². The van der Waals surface area contributed by atoms with Crippen LogP contribution in [0.15, 0.2) is 95.2 Å². The molecule has 5 aliphatic heterocycles. The Morgan fingerprint density at radius 2 is 1.38 bits per heavy atom. The molecule has 472 valence electrons. The maximum absolute atomic E-state index is 14.3. The minimum atomic E-state index is -0.929. The number of fused-ring (bicyclic) bond motifs is 2. The number of nitrogens with zero attached hydrogens (tertiary/aromatic N) is 7. The van der Waals surface area contributed by atoms with Crippen LogP contribution in [0.5, 0.6) is 23.0 Å². The molecule has 0 radical (unpaired) electrons. The third-order valence-electron chi connectivity index (χ3n) is 17.2. The van der Waals surface area contributed by atoms with Gasteiger partial charge in [0.1, 0.15) is 12.1 Å². The van der Waals surface area contributed by atoms with E-state index in [9.17, 15) is 33.6 Å². The Kier molecular flexibility index (Phi) is 21.0. The van der Waals surface area contributed by atoms with Gasteiger partial charge in [0.15, 0.2) is 23.0 Å². The summed E-state index contributed by atoms with van der Waals surface area (Å²) in [5.74, 6) is -0.868. The number of anilines is 2. The number of ether oxygens (including phenoxy) is 4. The highest BCUT2D eigenvalue weighted by Crippen LogP contribution is 2.42. The summed E-state index contributed by atoms with van der Waals surface area (Å²) in [6.45, 7) is 19.6. The number of unbranched alkanes of at least 4 members (excludes halogenated alkanes) is 2. The molecule has 0 bridgehead atoms. The van der Waals surface area contributed by atoms with Gasteiger partial charge < -0.3 is 54.5 Å². The summed E-state index contributed by atoms with van der Waals surface area (Å²) in [5, 5.41) is 8.40. The van der Waals surface area contributed by atoms with Crippen molar-refractivity contribution in [3.63, 3.8) is 0 Å². The first-order chi connectivity index (χ1) is 42.7. The maximum atomic E-state index is 14.3. The Labute approximate surface area is 521 Å². The van der Waals surface area contributed by atoms with Crippen LogP contribution in [-0.4, -0.2) is 165 Å². The minimum Gasteiger partial charge on any atom is -0.493 e. The zero-order valence-corrected chi connectivity index (χ0v) is 52.6. The maximum Gasteiger partial charge on any atom is 0.260 e. The molecule has 5 aliphatic rings. The summed E-state index contributed by atoms with van der Waals surface area (Å²) in [6.07, 6.45) is 9.39. The number of aliphatic imine (C=N–C) groups is 2. The molecule has 0 spiro atoms. The van der Waals surface area contributed by atoms with Crippen LogP contribution in [0.1, 0.15) is 125 Å². The summed E-state index contributed by atoms with van der Waals surface area (Å²) < 4.78 is 23.8. The van der Waals surface area contributed by atoms with Gasteiger partial charge in [-0.15, -0.1) is 0 Å². The molecule has 2 fully saturated rings. The molecule has 0 aromatic heterocycles. The number of hydrogen-bond acceptors (Lipinski definition) is 15. The van der Waals surface area contributed by atoms with Gasteiger partial charge in [0.05, 0.1) is 56.0 Å². The van der Waals surface area contributed by atoms with Crippen molar-refractivity contribution in [2.24, 2.45) is 27.7 Å². The van der Waals surface area contributed by atoms with Gasteiger partial charge in [-0.2, -0.15) is 0 Å². The number of piperazine rings is 1. The van der Waals surface area contributed by atoms with Gasteiger partial charge in [-0.05, 0) is 117 Å². The molecule has 0 saturated carbocycles. The zero-order chi connectivity index (χ0) is 63.6. The standard InChI is InChI=1S/C68H84N10O11/c1-41(2)52-35-62(80)76(66(52)83)24-13-11-12-15-61(79)73-63(42(3)4)65(82)71-44(6)64(81)72-49-20-16-45(17-21-49)47-31-43(5)77(39-47)67(84)53-33-57(86-9)59(36-55(53)69-7)88-29-14-30-89-60-37-56-54(34-58(60)87-10)68(85)78-40-48(32-51(78)38-70-56)46-18-22-50(23-19-46)75-27-25-74(8)26-28-75/h16-23,33-34,36-44,51-52,63H,7,11-15,24-32,35H2,1-6,8-10H3,(H,71,82)(H,72,81)(H,73,79)/t43-,44+,51+,52?,63+/m1/s1. The molecule has 4 aromatic carbocycles. The molecule has 7 amide bonds. The highest BCUT2D eigenvalue weighted by atomic mass is 16.5. The lowest BCUT2D eigenvalue weighted by molar-refractivity contribution is -0.140. The summed E-state index contributed by atoms with van der Waals surface area (Å²) in [7, 11) is 5.18. The summed E-state index contributed by atoms with van der Waals surface area (Å²) in [4.78, 5) is 111. The van der Waals surface area contributed by atoms with Crippen LogP contribution in [0.3, 0.4) is 0 Å². The number of methoxy groups -OCH3 is 2. The number of nitrogens with one attached hydrogen (secondary N) is 3. The Hall–Kier alpha value is -8.85. The molecule has 4 aromatic rings. The van der Waals surface area contributed by atoms with E-state index < -0.39 is 23.9 Å². The van der Waals surface area contributed by atoms with E-state index in [1.165, 1.54) is 24.8 Å². The van der Waals surface area contributed by atoms with Crippen LogP contribution in [0, 0.1) is 17.8 Å². The molecule has 2 saturated heterocycles. The van der Waals surface area contributed by atoms with Crippen LogP contribution in [0.2, 0.25) is 0 Å². The van der Waals surface area contributed by atoms with E-state index in [1.54, 1.807) is 53.1 Å². The highest BCUT2D eigenvalue weighted by molar-refractivity contribution is 6.06.